The van der Waals surface area contributed by atoms with Gasteiger partial charge in [-0.15, -0.1) is 6.58 Å². The second kappa shape index (κ2) is 9.45. The molecule has 1 atom stereocenters. The molecule has 0 fully saturated rings. The number of aliphatic hydroxyl groups is 1. The molecule has 142 valence electrons. The van der Waals surface area contributed by atoms with Gasteiger partial charge >= 0.3 is 0 Å². The smallest absolute Gasteiger partial charge is 0.177 e. The van der Waals surface area contributed by atoms with Crippen LogP contribution in [0.15, 0.2) is 18.7 Å². The lowest BCUT2D eigenvalue weighted by Gasteiger charge is -2.26. The topological polar surface area (TPSA) is 55.8 Å². The van der Waals surface area contributed by atoms with Crippen molar-refractivity contribution in [3.05, 3.63) is 35.4 Å². The zero-order valence-corrected chi connectivity index (χ0v) is 16.7. The van der Waals surface area contributed by atoms with Crippen LogP contribution in [0, 0.1) is 17.3 Å². The van der Waals surface area contributed by atoms with Gasteiger partial charge in [0.25, 0.3) is 0 Å². The van der Waals surface area contributed by atoms with E-state index in [1.807, 2.05) is 27.7 Å². The SMILES string of the molecule is C=CC(C)(C)C(O)CCC#Cc1c(C=O)cc(C(C)C)c(OC)c1OC. The molecule has 26 heavy (non-hydrogen) atoms. The molecule has 1 N–H and O–H groups in total. The van der Waals surface area contributed by atoms with Gasteiger partial charge in [-0.2, -0.15) is 0 Å². The third-order valence-electron chi connectivity index (χ3n) is 4.59. The minimum absolute atomic E-state index is 0.177. The average Bonchev–Trinajstić information content (AvgIpc) is 2.63. The Morgan fingerprint density at radius 1 is 1.27 bits per heavy atom. The Hall–Kier alpha value is -2.25. The quantitative estimate of drug-likeness (QED) is 0.426. The van der Waals surface area contributed by atoms with Crippen LogP contribution in [0.4, 0.5) is 0 Å². The second-order valence-corrected chi connectivity index (χ2v) is 7.15. The summed E-state index contributed by atoms with van der Waals surface area (Å²) in [4.78, 5) is 11.6. The number of carbonyl (C=O) groups is 1. The zero-order valence-electron chi connectivity index (χ0n) is 16.7. The van der Waals surface area contributed by atoms with E-state index in [-0.39, 0.29) is 11.3 Å². The number of ether oxygens (including phenoxy) is 2. The van der Waals surface area contributed by atoms with Gasteiger partial charge in [-0.1, -0.05) is 45.6 Å². The first kappa shape index (κ1) is 21.8. The summed E-state index contributed by atoms with van der Waals surface area (Å²) < 4.78 is 11.0. The van der Waals surface area contributed by atoms with Gasteiger partial charge in [0.15, 0.2) is 17.8 Å². The molecule has 0 bridgehead atoms. The number of hydrogen-bond acceptors (Lipinski definition) is 4. The van der Waals surface area contributed by atoms with Crippen molar-refractivity contribution in [2.45, 2.75) is 52.6 Å². The lowest BCUT2D eigenvalue weighted by Crippen LogP contribution is -2.26. The normalized spacial score (nSPS) is 12.2. The van der Waals surface area contributed by atoms with Crippen LogP contribution in [0.5, 0.6) is 11.5 Å². The maximum Gasteiger partial charge on any atom is 0.177 e. The molecule has 0 aliphatic heterocycles. The van der Waals surface area contributed by atoms with Gasteiger partial charge in [0.1, 0.15) is 0 Å². The van der Waals surface area contributed by atoms with E-state index in [0.717, 1.165) is 11.8 Å². The summed E-state index contributed by atoms with van der Waals surface area (Å²) in [5, 5.41) is 10.2. The Bertz CT molecular complexity index is 705. The Balaban J connectivity index is 3.21. The standard InChI is InChI=1S/C22H30O4/c1-8-22(4,5)19(24)12-10-9-11-17-16(14-23)13-18(15(2)3)21(26-7)20(17)25-6/h8,13-15,19,24H,1,10,12H2,2-7H3. The minimum atomic E-state index is -0.528. The van der Waals surface area contributed by atoms with Crippen LogP contribution < -0.4 is 9.47 Å². The lowest BCUT2D eigenvalue weighted by molar-refractivity contribution is 0.0756. The highest BCUT2D eigenvalue weighted by molar-refractivity contribution is 5.83. The number of benzene rings is 1. The highest BCUT2D eigenvalue weighted by Gasteiger charge is 2.23. The van der Waals surface area contributed by atoms with E-state index < -0.39 is 6.10 Å². The molecule has 0 saturated heterocycles. The number of aliphatic hydroxyl groups excluding tert-OH is 1. The maximum atomic E-state index is 11.6. The van der Waals surface area contributed by atoms with Crippen molar-refractivity contribution >= 4 is 6.29 Å². The van der Waals surface area contributed by atoms with E-state index in [4.69, 9.17) is 9.47 Å². The van der Waals surface area contributed by atoms with Gasteiger partial charge < -0.3 is 14.6 Å². The van der Waals surface area contributed by atoms with Gasteiger partial charge in [0, 0.05) is 23.0 Å². The Kier molecular flexibility index (Phi) is 7.92. The first-order valence-corrected chi connectivity index (χ1v) is 8.78. The van der Waals surface area contributed by atoms with E-state index >= 15 is 0 Å². The highest BCUT2D eigenvalue weighted by Crippen LogP contribution is 2.39. The lowest BCUT2D eigenvalue weighted by atomic mass is 9.84. The van der Waals surface area contributed by atoms with Gasteiger partial charge in [0.05, 0.1) is 25.9 Å². The van der Waals surface area contributed by atoms with Crippen molar-refractivity contribution < 1.29 is 19.4 Å². The molecule has 0 saturated carbocycles. The van der Waals surface area contributed by atoms with Gasteiger partial charge in [-0.05, 0) is 18.4 Å². The minimum Gasteiger partial charge on any atom is -0.493 e. The highest BCUT2D eigenvalue weighted by atomic mass is 16.5. The third kappa shape index (κ3) is 4.89. The predicted octanol–water partition coefficient (Wildman–Crippen LogP) is 4.34. The second-order valence-electron chi connectivity index (χ2n) is 7.15. The number of rotatable bonds is 8. The molecule has 0 heterocycles. The van der Waals surface area contributed by atoms with E-state index in [9.17, 15) is 9.90 Å². The molecular formula is C22H30O4. The van der Waals surface area contributed by atoms with E-state index in [1.54, 1.807) is 19.3 Å². The van der Waals surface area contributed by atoms with E-state index in [1.165, 1.54) is 7.11 Å². The average molecular weight is 358 g/mol. The third-order valence-corrected chi connectivity index (χ3v) is 4.59. The molecule has 1 aromatic carbocycles. The number of methoxy groups -OCH3 is 2. The van der Waals surface area contributed by atoms with Crippen LogP contribution in [0.25, 0.3) is 0 Å². The summed E-state index contributed by atoms with van der Waals surface area (Å²) in [5.41, 5.74) is 1.53. The molecule has 0 aromatic heterocycles. The van der Waals surface area contributed by atoms with Crippen molar-refractivity contribution in [1.29, 1.82) is 0 Å². The fraction of sp³-hybridized carbons (Fsp3) is 0.500. The van der Waals surface area contributed by atoms with E-state index in [2.05, 4.69) is 18.4 Å². The van der Waals surface area contributed by atoms with Gasteiger partial charge in [0.2, 0.25) is 0 Å². The molecule has 1 rings (SSSR count). The van der Waals surface area contributed by atoms with Crippen molar-refractivity contribution in [3.63, 3.8) is 0 Å². The molecule has 0 spiro atoms. The van der Waals surface area contributed by atoms with E-state index in [0.29, 0.717) is 35.5 Å². The molecule has 1 aromatic rings. The fourth-order valence-electron chi connectivity index (χ4n) is 2.60. The van der Waals surface area contributed by atoms with Crippen LogP contribution in [0.2, 0.25) is 0 Å². The molecule has 0 radical (unpaired) electrons. The van der Waals surface area contributed by atoms with Crippen LogP contribution in [-0.2, 0) is 0 Å². The first-order chi connectivity index (χ1) is 12.2. The van der Waals surface area contributed by atoms with Gasteiger partial charge in [-0.3, -0.25) is 4.79 Å². The molecule has 0 amide bonds. The van der Waals surface area contributed by atoms with Crippen molar-refractivity contribution in [3.8, 4) is 23.3 Å². The molecule has 1 unspecified atom stereocenters. The number of hydrogen-bond donors (Lipinski definition) is 1. The van der Waals surface area contributed by atoms with Crippen LogP contribution in [-0.4, -0.2) is 31.7 Å². The van der Waals surface area contributed by atoms with Gasteiger partial charge in [-0.25, -0.2) is 0 Å². The van der Waals surface area contributed by atoms with Crippen molar-refractivity contribution in [1.82, 2.24) is 0 Å². The summed E-state index contributed by atoms with van der Waals surface area (Å²) in [6.45, 7) is 11.7. The molecular weight excluding hydrogens is 328 g/mol. The molecule has 0 aliphatic carbocycles. The predicted molar refractivity (Wildman–Crippen MR) is 105 cm³/mol. The summed E-state index contributed by atoms with van der Waals surface area (Å²) in [6.07, 6.45) is 3.02. The molecule has 0 aliphatic rings. The maximum absolute atomic E-state index is 11.6. The number of carbonyl (C=O) groups excluding carboxylic acids is 1. The van der Waals surface area contributed by atoms with Crippen LogP contribution in [0.3, 0.4) is 0 Å². The molecule has 4 nitrogen and oxygen atoms in total. The Labute approximate surface area is 157 Å². The summed E-state index contributed by atoms with van der Waals surface area (Å²) in [7, 11) is 3.12. The van der Waals surface area contributed by atoms with Crippen LogP contribution >= 0.6 is 0 Å². The Morgan fingerprint density at radius 3 is 2.35 bits per heavy atom. The zero-order chi connectivity index (χ0) is 19.9. The monoisotopic (exact) mass is 358 g/mol. The largest absolute Gasteiger partial charge is 0.493 e. The molecule has 4 heteroatoms. The Morgan fingerprint density at radius 2 is 1.88 bits per heavy atom. The summed E-state index contributed by atoms with van der Waals surface area (Å²) in [6, 6.07) is 1.80. The van der Waals surface area contributed by atoms with Crippen LogP contribution in [0.1, 0.15) is 67.9 Å². The van der Waals surface area contributed by atoms with Crippen molar-refractivity contribution in [2.75, 3.05) is 14.2 Å². The number of aldehydes is 1. The summed E-state index contributed by atoms with van der Waals surface area (Å²) in [5.74, 6) is 7.32. The fourth-order valence-corrected chi connectivity index (χ4v) is 2.60. The first-order valence-electron chi connectivity index (χ1n) is 8.78. The van der Waals surface area contributed by atoms with Crippen molar-refractivity contribution in [2.24, 2.45) is 5.41 Å². The summed E-state index contributed by atoms with van der Waals surface area (Å²) >= 11 is 0.